The maximum Gasteiger partial charge on any atom is 0.416 e. The lowest BCUT2D eigenvalue weighted by Crippen LogP contribution is -2.48. The normalized spacial score (nSPS) is 19.7. The molecule has 1 aliphatic carbocycles. The number of halogens is 10. The van der Waals surface area contributed by atoms with Crippen molar-refractivity contribution in [1.29, 1.82) is 0 Å². The van der Waals surface area contributed by atoms with Gasteiger partial charge < -0.3 is 4.74 Å². The van der Waals surface area contributed by atoms with Crippen LogP contribution in [0, 0.1) is 5.92 Å². The molecule has 0 aromatic heterocycles. The Morgan fingerprint density at radius 2 is 1.45 bits per heavy atom. The average molecular weight is 603 g/mol. The topological polar surface area (TPSA) is 49.9 Å². The Kier molecular flexibility index (Phi) is 7.71. The van der Waals surface area contributed by atoms with Crippen LogP contribution in [-0.4, -0.2) is 29.5 Å². The van der Waals surface area contributed by atoms with Crippen molar-refractivity contribution in [1.82, 2.24) is 4.90 Å². The minimum absolute atomic E-state index is 0.0601. The van der Waals surface area contributed by atoms with Crippen molar-refractivity contribution >= 4 is 28.7 Å². The lowest BCUT2D eigenvalue weighted by Gasteiger charge is -2.44. The van der Waals surface area contributed by atoms with Crippen LogP contribution in [0.1, 0.15) is 53.1 Å². The second kappa shape index (κ2) is 10.3. The van der Waals surface area contributed by atoms with Gasteiger partial charge in [0.2, 0.25) is 0 Å². The van der Waals surface area contributed by atoms with E-state index in [-0.39, 0.29) is 29.7 Å². The van der Waals surface area contributed by atoms with Crippen molar-refractivity contribution in [2.75, 3.05) is 12.0 Å². The largest absolute Gasteiger partial charge is 0.453 e. The molecule has 2 aromatic carbocycles. The van der Waals surface area contributed by atoms with E-state index in [2.05, 4.69) is 0 Å². The van der Waals surface area contributed by atoms with E-state index >= 15 is 0 Å². The first kappa shape index (κ1) is 29.8. The van der Waals surface area contributed by atoms with E-state index in [1.54, 1.807) is 0 Å². The fourth-order valence-corrected chi connectivity index (χ4v) is 5.20. The number of hydrogen-bond donors (Lipinski definition) is 0. The number of benzene rings is 2. The van der Waals surface area contributed by atoms with E-state index in [4.69, 9.17) is 16.3 Å². The number of methoxy groups -OCH3 is 1. The predicted molar refractivity (Wildman–Crippen MR) is 123 cm³/mol. The van der Waals surface area contributed by atoms with Crippen molar-refractivity contribution < 1.29 is 53.8 Å². The first-order valence-corrected chi connectivity index (χ1v) is 12.1. The van der Waals surface area contributed by atoms with Crippen molar-refractivity contribution in [3.8, 4) is 0 Å². The van der Waals surface area contributed by atoms with Gasteiger partial charge in [0.1, 0.15) is 0 Å². The van der Waals surface area contributed by atoms with Crippen LogP contribution in [0.3, 0.4) is 0 Å². The monoisotopic (exact) mass is 602 g/mol. The van der Waals surface area contributed by atoms with Gasteiger partial charge in [0.15, 0.2) is 0 Å². The Labute approximate surface area is 226 Å². The van der Waals surface area contributed by atoms with Crippen LogP contribution in [0.4, 0.5) is 54.8 Å². The maximum absolute atomic E-state index is 13.6. The molecule has 2 unspecified atom stereocenters. The molecule has 1 fully saturated rings. The molecule has 1 saturated carbocycles. The highest BCUT2D eigenvalue weighted by Crippen LogP contribution is 2.50. The van der Waals surface area contributed by atoms with Crippen molar-refractivity contribution in [3.63, 3.8) is 0 Å². The summed E-state index contributed by atoms with van der Waals surface area (Å²) in [7, 11) is 0.908. The second-order valence-corrected chi connectivity index (χ2v) is 9.89. The molecule has 1 aliphatic heterocycles. The van der Waals surface area contributed by atoms with E-state index in [1.807, 2.05) is 0 Å². The number of fused-ring (bicyclic) bond motifs is 1. The smallest absolute Gasteiger partial charge is 0.416 e. The standard InChI is InChI=1S/C25H20ClF9N2O3/c1-40-22(39)36(11-12-6-15(24(30,31)32)8-16(7-12)25(33,34)35)20-10-19(13-2-3-13)37(21(26)38)18-5-4-14(9-17(18)20)23(27,28)29/h4-9,13,19-20H,2-3,10-11H2,1H3. The van der Waals surface area contributed by atoms with Gasteiger partial charge in [-0.2, -0.15) is 39.5 Å². The molecule has 2 aliphatic rings. The first-order chi connectivity index (χ1) is 18.4. The van der Waals surface area contributed by atoms with Gasteiger partial charge in [-0.15, -0.1) is 0 Å². The molecule has 2 aromatic rings. The number of carbonyl (C=O) groups excluding carboxylic acids is 2. The zero-order chi connectivity index (χ0) is 29.8. The molecular weight excluding hydrogens is 583 g/mol. The summed E-state index contributed by atoms with van der Waals surface area (Å²) in [5.41, 5.74) is -5.25. The van der Waals surface area contributed by atoms with E-state index in [0.29, 0.717) is 37.1 Å². The van der Waals surface area contributed by atoms with E-state index < -0.39 is 70.9 Å². The van der Waals surface area contributed by atoms with Gasteiger partial charge in [0, 0.05) is 12.6 Å². The number of hydrogen-bond acceptors (Lipinski definition) is 3. The summed E-state index contributed by atoms with van der Waals surface area (Å²) < 4.78 is 126. The quantitative estimate of drug-likeness (QED) is 0.201. The highest BCUT2D eigenvalue weighted by molar-refractivity contribution is 6.66. The van der Waals surface area contributed by atoms with E-state index in [1.165, 1.54) is 0 Å². The number of amides is 2. The molecule has 0 radical (unpaired) electrons. The van der Waals surface area contributed by atoms with Gasteiger partial charge in [-0.1, -0.05) is 0 Å². The van der Waals surface area contributed by atoms with Gasteiger partial charge in [0.25, 0.3) is 0 Å². The molecule has 15 heteroatoms. The molecule has 4 rings (SSSR count). The molecule has 0 bridgehead atoms. The van der Waals surface area contributed by atoms with Crippen LogP contribution in [0.5, 0.6) is 0 Å². The Hall–Kier alpha value is -3.16. The minimum Gasteiger partial charge on any atom is -0.453 e. The van der Waals surface area contributed by atoms with Crippen LogP contribution in [0.2, 0.25) is 0 Å². The fourth-order valence-electron chi connectivity index (χ4n) is 4.99. The molecule has 40 heavy (non-hydrogen) atoms. The van der Waals surface area contributed by atoms with Gasteiger partial charge in [-0.3, -0.25) is 14.6 Å². The van der Waals surface area contributed by atoms with E-state index in [9.17, 15) is 49.1 Å². The number of nitrogens with zero attached hydrogens (tertiary/aromatic N) is 2. The van der Waals surface area contributed by atoms with Crippen LogP contribution in [-0.2, 0) is 29.8 Å². The van der Waals surface area contributed by atoms with Crippen LogP contribution in [0.25, 0.3) is 0 Å². The molecule has 1 heterocycles. The Bertz CT molecular complexity index is 1270. The zero-order valence-corrected chi connectivity index (χ0v) is 21.2. The lowest BCUT2D eigenvalue weighted by molar-refractivity contribution is -0.143. The van der Waals surface area contributed by atoms with Gasteiger partial charge in [-0.25, -0.2) is 4.79 Å². The van der Waals surface area contributed by atoms with Crippen LogP contribution in [0.15, 0.2) is 36.4 Å². The van der Waals surface area contributed by atoms with Gasteiger partial charge in [-0.05, 0) is 84.3 Å². The van der Waals surface area contributed by atoms with Crippen LogP contribution >= 0.6 is 11.6 Å². The number of carbonyl (C=O) groups is 2. The first-order valence-electron chi connectivity index (χ1n) is 11.7. The molecule has 0 saturated heterocycles. The minimum atomic E-state index is -5.16. The molecule has 5 nitrogen and oxygen atoms in total. The van der Waals surface area contributed by atoms with Crippen LogP contribution < -0.4 is 4.90 Å². The number of rotatable bonds is 4. The predicted octanol–water partition coefficient (Wildman–Crippen LogP) is 8.40. The lowest BCUT2D eigenvalue weighted by atomic mass is 9.86. The Morgan fingerprint density at radius 3 is 1.90 bits per heavy atom. The van der Waals surface area contributed by atoms with Crippen molar-refractivity contribution in [2.24, 2.45) is 5.92 Å². The fraction of sp³-hybridized carbons (Fsp3) is 0.440. The molecule has 0 N–H and O–H groups in total. The third kappa shape index (κ3) is 6.11. The summed E-state index contributed by atoms with van der Waals surface area (Å²) in [6, 6.07) is 1.15. The second-order valence-electron chi connectivity index (χ2n) is 9.56. The van der Waals surface area contributed by atoms with Gasteiger partial charge >= 0.3 is 30.0 Å². The number of ether oxygens (including phenoxy) is 1. The Balaban J connectivity index is 1.87. The number of anilines is 1. The number of alkyl halides is 9. The summed E-state index contributed by atoms with van der Waals surface area (Å²) >= 11 is 5.79. The van der Waals surface area contributed by atoms with Crippen molar-refractivity contribution in [3.05, 3.63) is 64.2 Å². The molecule has 218 valence electrons. The highest BCUT2D eigenvalue weighted by atomic mass is 35.5. The summed E-state index contributed by atoms with van der Waals surface area (Å²) in [6.07, 6.45) is -15.3. The average Bonchev–Trinajstić information content (AvgIpc) is 3.69. The van der Waals surface area contributed by atoms with E-state index in [0.717, 1.165) is 23.0 Å². The Morgan fingerprint density at radius 1 is 0.900 bits per heavy atom. The maximum atomic E-state index is 13.6. The third-order valence-electron chi connectivity index (χ3n) is 6.91. The molecular formula is C25H20ClF9N2O3. The SMILES string of the molecule is COC(=O)N(Cc1cc(C(F)(F)F)cc(C(F)(F)F)c1)C1CC(C2CC2)N(C(=O)Cl)c2ccc(C(F)(F)F)cc21. The highest BCUT2D eigenvalue weighted by Gasteiger charge is 2.47. The molecule has 2 atom stereocenters. The molecule has 2 amide bonds. The third-order valence-corrected chi connectivity index (χ3v) is 7.09. The summed E-state index contributed by atoms with van der Waals surface area (Å²) in [5, 5.41) is -0.992. The summed E-state index contributed by atoms with van der Waals surface area (Å²) in [5.74, 6) is -0.134. The van der Waals surface area contributed by atoms with Crippen molar-refractivity contribution in [2.45, 2.75) is 56.4 Å². The summed E-state index contributed by atoms with van der Waals surface area (Å²) in [6.45, 7) is -0.869. The molecule has 0 spiro atoms. The zero-order valence-electron chi connectivity index (χ0n) is 20.4. The summed E-state index contributed by atoms with van der Waals surface area (Å²) in [4.78, 5) is 27.1. The van der Waals surface area contributed by atoms with Gasteiger partial charge in [0.05, 0.1) is 35.5 Å².